The number of hydrogen-bond acceptors (Lipinski definition) is 7. The van der Waals surface area contributed by atoms with E-state index >= 15 is 0 Å². The van der Waals surface area contributed by atoms with Gasteiger partial charge in [0.15, 0.2) is 6.29 Å². The van der Waals surface area contributed by atoms with Crippen molar-refractivity contribution in [2.45, 2.75) is 75.1 Å². The van der Waals surface area contributed by atoms with E-state index in [4.69, 9.17) is 14.7 Å². The SMILES string of the molecule is O=C(CCCCCC(=O)NCc1cccc(-c2cccc([C@H]3O[C@@H](CSc4ccccc4)C[C@@H](c4ccc(CO)cc4)O3)c2)c1)NO. The van der Waals surface area contributed by atoms with Crippen LogP contribution in [0.4, 0.5) is 0 Å². The molecular formula is C38H42N2O6S. The molecule has 3 atom stereocenters. The van der Waals surface area contributed by atoms with Crippen LogP contribution >= 0.6 is 11.8 Å². The molecule has 246 valence electrons. The number of hydroxylamine groups is 1. The Morgan fingerprint density at radius 1 is 0.745 bits per heavy atom. The Hall–Kier alpha value is -3.99. The third-order valence-electron chi connectivity index (χ3n) is 8.14. The summed E-state index contributed by atoms with van der Waals surface area (Å²) in [5.41, 5.74) is 7.54. The van der Waals surface area contributed by atoms with Crippen molar-refractivity contribution in [1.82, 2.24) is 10.8 Å². The molecule has 1 heterocycles. The van der Waals surface area contributed by atoms with Crippen molar-refractivity contribution in [1.29, 1.82) is 0 Å². The van der Waals surface area contributed by atoms with E-state index in [0.717, 1.165) is 52.0 Å². The Kier molecular flexibility index (Phi) is 13.0. The normalized spacial score (nSPS) is 17.6. The Balaban J connectivity index is 1.24. The summed E-state index contributed by atoms with van der Waals surface area (Å²) in [5.74, 6) is 0.356. The maximum absolute atomic E-state index is 12.4. The van der Waals surface area contributed by atoms with Crippen LogP contribution in [0.15, 0.2) is 108 Å². The molecule has 1 saturated heterocycles. The second-order valence-corrected chi connectivity index (χ2v) is 12.8. The highest BCUT2D eigenvalue weighted by Crippen LogP contribution is 2.40. The summed E-state index contributed by atoms with van der Waals surface area (Å²) in [6, 6.07) is 34.6. The van der Waals surface area contributed by atoms with Crippen LogP contribution in [0.5, 0.6) is 0 Å². The standard InChI is InChI=1S/C38H42N2O6S/c41-25-27-17-19-29(20-18-27)35-23-33(26-47-34-13-3-1-4-14-34)45-38(46-35)32-12-8-11-31(22-32)30-10-7-9-28(21-30)24-39-36(42)15-5-2-6-16-37(43)40-44/h1,3-4,7-14,17-22,33,35,38,41,44H,2,5-6,15-16,23-26H2,(H,39,42)(H,40,43)/t33-,35+,38+/m1/s1. The summed E-state index contributed by atoms with van der Waals surface area (Å²) in [7, 11) is 0. The maximum atomic E-state index is 12.4. The molecule has 1 fully saturated rings. The molecule has 4 N–H and O–H groups in total. The van der Waals surface area contributed by atoms with Crippen LogP contribution in [-0.4, -0.2) is 34.0 Å². The lowest BCUT2D eigenvalue weighted by atomic mass is 9.99. The first kappa shape index (κ1) is 34.3. The number of carbonyl (C=O) groups excluding carboxylic acids is 2. The summed E-state index contributed by atoms with van der Waals surface area (Å²) in [5, 5.41) is 21.1. The maximum Gasteiger partial charge on any atom is 0.243 e. The van der Waals surface area contributed by atoms with Crippen molar-refractivity contribution in [3.8, 4) is 11.1 Å². The Labute approximate surface area is 280 Å². The highest BCUT2D eigenvalue weighted by atomic mass is 32.2. The molecule has 4 aromatic carbocycles. The van der Waals surface area contributed by atoms with E-state index in [-0.39, 0.29) is 31.1 Å². The molecule has 5 rings (SSSR count). The number of aliphatic hydroxyl groups is 1. The van der Waals surface area contributed by atoms with Crippen LogP contribution in [0.2, 0.25) is 0 Å². The molecule has 0 bridgehead atoms. The highest BCUT2D eigenvalue weighted by molar-refractivity contribution is 7.99. The van der Waals surface area contributed by atoms with Gasteiger partial charge in [0.1, 0.15) is 0 Å². The molecule has 4 aromatic rings. The fraction of sp³-hybridized carbons (Fsp3) is 0.316. The van der Waals surface area contributed by atoms with Crippen LogP contribution in [-0.2, 0) is 32.2 Å². The second-order valence-electron chi connectivity index (χ2n) is 11.7. The van der Waals surface area contributed by atoms with Gasteiger partial charge in [-0.25, -0.2) is 5.48 Å². The minimum atomic E-state index is -0.548. The van der Waals surface area contributed by atoms with Gasteiger partial charge in [-0.05, 0) is 64.9 Å². The molecule has 0 unspecified atom stereocenters. The second kappa shape index (κ2) is 17.8. The van der Waals surface area contributed by atoms with Gasteiger partial charge in [0.25, 0.3) is 0 Å². The Morgan fingerprint density at radius 3 is 2.21 bits per heavy atom. The molecule has 0 aromatic heterocycles. The van der Waals surface area contributed by atoms with Gasteiger partial charge in [0, 0.05) is 42.0 Å². The number of amides is 2. The monoisotopic (exact) mass is 654 g/mol. The van der Waals surface area contributed by atoms with E-state index in [0.29, 0.717) is 25.8 Å². The van der Waals surface area contributed by atoms with Crippen molar-refractivity contribution in [2.24, 2.45) is 0 Å². The van der Waals surface area contributed by atoms with Crippen molar-refractivity contribution in [3.05, 3.63) is 125 Å². The summed E-state index contributed by atoms with van der Waals surface area (Å²) in [6.07, 6.45) is 2.68. The Morgan fingerprint density at radius 2 is 1.47 bits per heavy atom. The van der Waals surface area contributed by atoms with Crippen LogP contribution in [0.25, 0.3) is 11.1 Å². The van der Waals surface area contributed by atoms with Crippen molar-refractivity contribution < 1.29 is 29.4 Å². The topological polar surface area (TPSA) is 117 Å². The number of unbranched alkanes of at least 4 members (excludes halogenated alkanes) is 2. The lowest BCUT2D eigenvalue weighted by molar-refractivity contribution is -0.245. The quantitative estimate of drug-likeness (QED) is 0.0462. The van der Waals surface area contributed by atoms with Crippen molar-refractivity contribution in [2.75, 3.05) is 5.75 Å². The van der Waals surface area contributed by atoms with E-state index in [9.17, 15) is 14.7 Å². The predicted molar refractivity (Wildman–Crippen MR) is 182 cm³/mol. The van der Waals surface area contributed by atoms with Gasteiger partial charge < -0.3 is 19.9 Å². The molecule has 2 amide bonds. The largest absolute Gasteiger partial charge is 0.392 e. The van der Waals surface area contributed by atoms with E-state index in [1.54, 1.807) is 17.2 Å². The molecule has 0 aliphatic carbocycles. The van der Waals surface area contributed by atoms with E-state index in [1.165, 1.54) is 4.90 Å². The van der Waals surface area contributed by atoms with Gasteiger partial charge in [-0.3, -0.25) is 14.8 Å². The number of rotatable bonds is 15. The first-order valence-electron chi connectivity index (χ1n) is 16.1. The van der Waals surface area contributed by atoms with Crippen LogP contribution in [0, 0.1) is 0 Å². The number of aliphatic hydroxyl groups excluding tert-OH is 1. The van der Waals surface area contributed by atoms with Crippen molar-refractivity contribution in [3.63, 3.8) is 0 Å². The molecule has 1 aliphatic rings. The molecule has 0 saturated carbocycles. The fourth-order valence-corrected chi connectivity index (χ4v) is 6.49. The van der Waals surface area contributed by atoms with E-state index < -0.39 is 12.2 Å². The fourth-order valence-electron chi connectivity index (χ4n) is 5.55. The smallest absolute Gasteiger partial charge is 0.243 e. The molecule has 1 aliphatic heterocycles. The van der Waals surface area contributed by atoms with Crippen LogP contribution < -0.4 is 10.8 Å². The third-order valence-corrected chi connectivity index (χ3v) is 9.28. The van der Waals surface area contributed by atoms with Crippen LogP contribution in [0.3, 0.4) is 0 Å². The lowest BCUT2D eigenvalue weighted by Crippen LogP contribution is -2.31. The molecule has 0 spiro atoms. The predicted octanol–water partition coefficient (Wildman–Crippen LogP) is 7.26. The Bertz CT molecular complexity index is 1580. The number of hydrogen-bond donors (Lipinski definition) is 4. The molecule has 0 radical (unpaired) electrons. The van der Waals surface area contributed by atoms with Gasteiger partial charge in [-0.15, -0.1) is 11.8 Å². The van der Waals surface area contributed by atoms with Crippen molar-refractivity contribution >= 4 is 23.6 Å². The van der Waals surface area contributed by atoms with Gasteiger partial charge in [0.2, 0.25) is 11.8 Å². The molecule has 9 heteroatoms. The lowest BCUT2D eigenvalue weighted by Gasteiger charge is -2.36. The third kappa shape index (κ3) is 10.5. The zero-order valence-electron chi connectivity index (χ0n) is 26.3. The summed E-state index contributed by atoms with van der Waals surface area (Å²) < 4.78 is 13.2. The molecular weight excluding hydrogens is 612 g/mol. The van der Waals surface area contributed by atoms with Gasteiger partial charge in [-0.2, -0.15) is 0 Å². The zero-order chi connectivity index (χ0) is 32.8. The highest BCUT2D eigenvalue weighted by Gasteiger charge is 2.32. The van der Waals surface area contributed by atoms with Gasteiger partial charge in [0.05, 0.1) is 18.8 Å². The van der Waals surface area contributed by atoms with Gasteiger partial charge in [-0.1, -0.05) is 85.3 Å². The average molecular weight is 655 g/mol. The van der Waals surface area contributed by atoms with Crippen LogP contribution in [0.1, 0.15) is 73.2 Å². The summed E-state index contributed by atoms with van der Waals surface area (Å²) in [6.45, 7) is 0.426. The number of carbonyl (C=O) groups is 2. The minimum absolute atomic E-state index is 0.00327. The summed E-state index contributed by atoms with van der Waals surface area (Å²) in [4.78, 5) is 24.7. The molecule has 8 nitrogen and oxygen atoms in total. The first-order chi connectivity index (χ1) is 23.0. The van der Waals surface area contributed by atoms with E-state index in [1.807, 2.05) is 66.7 Å². The number of ether oxygens (including phenoxy) is 2. The first-order valence-corrected chi connectivity index (χ1v) is 17.1. The van der Waals surface area contributed by atoms with Gasteiger partial charge >= 0.3 is 0 Å². The van der Waals surface area contributed by atoms with E-state index in [2.05, 4.69) is 41.7 Å². The minimum Gasteiger partial charge on any atom is -0.392 e. The number of nitrogens with one attached hydrogen (secondary N) is 2. The average Bonchev–Trinajstić information content (AvgIpc) is 3.13. The number of benzene rings is 4. The summed E-state index contributed by atoms with van der Waals surface area (Å²) >= 11 is 1.78. The molecule has 47 heavy (non-hydrogen) atoms. The zero-order valence-corrected chi connectivity index (χ0v) is 27.2. The number of thioether (sulfide) groups is 1.